The smallest absolute Gasteiger partial charge is 0.267 e. The van der Waals surface area contributed by atoms with E-state index in [4.69, 9.17) is 0 Å². The molecule has 3 rings (SSSR count). The van der Waals surface area contributed by atoms with E-state index in [1.807, 2.05) is 69.4 Å². The number of aryl methyl sites for hydroxylation is 1. The molecule has 0 aliphatic carbocycles. The van der Waals surface area contributed by atoms with Crippen molar-refractivity contribution in [2.45, 2.75) is 20.8 Å². The highest BCUT2D eigenvalue weighted by atomic mass is 16.2. The number of rotatable bonds is 4. The summed E-state index contributed by atoms with van der Waals surface area (Å²) in [5.74, 6) is -0.555. The van der Waals surface area contributed by atoms with Crippen molar-refractivity contribution in [1.82, 2.24) is 4.90 Å². The molecule has 0 saturated heterocycles. The molecule has 0 radical (unpaired) electrons. The Morgan fingerprint density at radius 2 is 1.48 bits per heavy atom. The fourth-order valence-corrected chi connectivity index (χ4v) is 2.99. The van der Waals surface area contributed by atoms with Crippen LogP contribution in [0.5, 0.6) is 0 Å². The molecule has 4 heteroatoms. The third kappa shape index (κ3) is 3.07. The lowest BCUT2D eigenvalue weighted by Gasteiger charge is -2.30. The zero-order chi connectivity index (χ0) is 18.0. The number of hydrogen-bond donors (Lipinski definition) is 0. The molecule has 0 aromatic heterocycles. The Bertz CT molecular complexity index is 833. The molecule has 1 aliphatic rings. The Morgan fingerprint density at radius 1 is 0.880 bits per heavy atom. The molecule has 1 heterocycles. The second-order valence-electron chi connectivity index (χ2n) is 6.09. The van der Waals surface area contributed by atoms with Gasteiger partial charge in [0.25, 0.3) is 11.8 Å². The van der Waals surface area contributed by atoms with Gasteiger partial charge in [-0.05, 0) is 39.0 Å². The first-order chi connectivity index (χ1) is 12.1. The van der Waals surface area contributed by atoms with E-state index in [2.05, 4.69) is 4.90 Å². The van der Waals surface area contributed by atoms with E-state index in [0.29, 0.717) is 22.4 Å². The van der Waals surface area contributed by atoms with Gasteiger partial charge >= 0.3 is 0 Å². The molecule has 2 aromatic rings. The van der Waals surface area contributed by atoms with Crippen molar-refractivity contribution in [2.75, 3.05) is 18.0 Å². The summed E-state index contributed by atoms with van der Waals surface area (Å²) in [7, 11) is 0. The number of fused-ring (bicyclic) bond motifs is 1. The molecular formula is C21H22N2O2. The van der Waals surface area contributed by atoms with Gasteiger partial charge in [-0.2, -0.15) is 0 Å². The summed E-state index contributed by atoms with van der Waals surface area (Å²) in [4.78, 5) is 29.4. The third-order valence-electron chi connectivity index (χ3n) is 4.50. The van der Waals surface area contributed by atoms with E-state index < -0.39 is 0 Å². The number of anilines is 1. The van der Waals surface area contributed by atoms with Crippen molar-refractivity contribution >= 4 is 23.1 Å². The highest BCUT2D eigenvalue weighted by Crippen LogP contribution is 2.32. The molecule has 1 aliphatic heterocycles. The molecule has 2 amide bonds. The molecule has 0 saturated carbocycles. The monoisotopic (exact) mass is 334 g/mol. The van der Waals surface area contributed by atoms with E-state index in [-0.39, 0.29) is 11.8 Å². The van der Waals surface area contributed by atoms with Crippen LogP contribution in [0.1, 0.15) is 35.3 Å². The predicted molar refractivity (Wildman–Crippen MR) is 100 cm³/mol. The summed E-state index contributed by atoms with van der Waals surface area (Å²) in [5.41, 5.74) is 3.49. The van der Waals surface area contributed by atoms with Crippen LogP contribution in [0.25, 0.3) is 5.57 Å². The van der Waals surface area contributed by atoms with Gasteiger partial charge in [0.05, 0.1) is 11.3 Å². The molecule has 0 N–H and O–H groups in total. The zero-order valence-corrected chi connectivity index (χ0v) is 14.8. The molecule has 2 aromatic carbocycles. The molecule has 4 nitrogen and oxygen atoms in total. The number of carbonyl (C=O) groups is 2. The molecule has 0 fully saturated rings. The summed E-state index contributed by atoms with van der Waals surface area (Å²) in [6.07, 6.45) is 1.87. The van der Waals surface area contributed by atoms with Gasteiger partial charge in [0.1, 0.15) is 0 Å². The maximum absolute atomic E-state index is 13.2. The lowest BCUT2D eigenvalue weighted by Crippen LogP contribution is -2.42. The minimum atomic E-state index is -0.278. The summed E-state index contributed by atoms with van der Waals surface area (Å²) in [5, 5.41) is 0. The van der Waals surface area contributed by atoms with Crippen LogP contribution in [-0.4, -0.2) is 29.8 Å². The van der Waals surface area contributed by atoms with Crippen molar-refractivity contribution in [1.29, 1.82) is 0 Å². The van der Waals surface area contributed by atoms with E-state index in [1.54, 1.807) is 6.07 Å². The first kappa shape index (κ1) is 17.0. The molecule has 128 valence electrons. The second-order valence-corrected chi connectivity index (χ2v) is 6.09. The van der Waals surface area contributed by atoms with Gasteiger partial charge in [-0.1, -0.05) is 35.9 Å². The van der Waals surface area contributed by atoms with Gasteiger partial charge in [0.15, 0.2) is 0 Å². The quantitative estimate of drug-likeness (QED) is 0.629. The van der Waals surface area contributed by atoms with Crippen LogP contribution in [0, 0.1) is 6.92 Å². The maximum Gasteiger partial charge on any atom is 0.267 e. The minimum absolute atomic E-state index is 0.277. The normalized spacial score (nSPS) is 15.5. The van der Waals surface area contributed by atoms with Crippen LogP contribution in [0.3, 0.4) is 0 Å². The topological polar surface area (TPSA) is 40.6 Å². The van der Waals surface area contributed by atoms with Crippen LogP contribution >= 0.6 is 0 Å². The fraction of sp³-hybridized carbons (Fsp3) is 0.238. The Kier molecular flexibility index (Phi) is 4.70. The zero-order valence-electron chi connectivity index (χ0n) is 14.8. The predicted octanol–water partition coefficient (Wildman–Crippen LogP) is 3.86. The van der Waals surface area contributed by atoms with Gasteiger partial charge in [0.2, 0.25) is 0 Å². The van der Waals surface area contributed by atoms with Gasteiger partial charge < -0.3 is 4.90 Å². The molecule has 25 heavy (non-hydrogen) atoms. The molecule has 0 atom stereocenters. The van der Waals surface area contributed by atoms with Crippen LogP contribution in [0.4, 0.5) is 5.69 Å². The highest BCUT2D eigenvalue weighted by molar-refractivity contribution is 6.41. The van der Waals surface area contributed by atoms with Crippen LogP contribution in [0.15, 0.2) is 54.7 Å². The number of nitrogens with zero attached hydrogens (tertiary/aromatic N) is 2. The van der Waals surface area contributed by atoms with Gasteiger partial charge in [-0.15, -0.1) is 0 Å². The molecule has 0 spiro atoms. The summed E-state index contributed by atoms with van der Waals surface area (Å²) >= 11 is 0. The Morgan fingerprint density at radius 3 is 2.08 bits per heavy atom. The third-order valence-corrected chi connectivity index (χ3v) is 4.50. The van der Waals surface area contributed by atoms with E-state index in [9.17, 15) is 9.59 Å². The molecule has 0 unspecified atom stereocenters. The minimum Gasteiger partial charge on any atom is -0.377 e. The van der Waals surface area contributed by atoms with E-state index >= 15 is 0 Å². The summed E-state index contributed by atoms with van der Waals surface area (Å²) in [6.45, 7) is 7.66. The SMILES string of the molecule is CCN(/C=C1/C(=O)N(c2ccc(C)cc2)C(=O)c2ccccc21)CC. The Labute approximate surface area is 148 Å². The van der Waals surface area contributed by atoms with Crippen LogP contribution in [0.2, 0.25) is 0 Å². The van der Waals surface area contributed by atoms with Crippen molar-refractivity contribution in [2.24, 2.45) is 0 Å². The average Bonchev–Trinajstić information content (AvgIpc) is 2.63. The van der Waals surface area contributed by atoms with Gasteiger partial charge in [-0.25, -0.2) is 4.90 Å². The number of benzene rings is 2. The average molecular weight is 334 g/mol. The van der Waals surface area contributed by atoms with Crippen LogP contribution < -0.4 is 4.90 Å². The Balaban J connectivity index is 2.16. The van der Waals surface area contributed by atoms with Crippen LogP contribution in [-0.2, 0) is 4.79 Å². The lowest BCUT2D eigenvalue weighted by atomic mass is 9.93. The van der Waals surface area contributed by atoms with Crippen molar-refractivity contribution in [3.05, 3.63) is 71.4 Å². The van der Waals surface area contributed by atoms with Gasteiger partial charge in [0, 0.05) is 30.4 Å². The molecule has 0 bridgehead atoms. The number of hydrogen-bond acceptors (Lipinski definition) is 3. The number of carbonyl (C=O) groups excluding carboxylic acids is 2. The van der Waals surface area contributed by atoms with Gasteiger partial charge in [-0.3, -0.25) is 9.59 Å². The second kappa shape index (κ2) is 6.93. The highest BCUT2D eigenvalue weighted by Gasteiger charge is 2.35. The standard InChI is InChI=1S/C21H22N2O2/c1-4-22(5-2)14-19-17-8-6-7-9-18(17)20(24)23(21(19)25)16-12-10-15(3)11-13-16/h6-14H,4-5H2,1-3H3/b19-14+. The first-order valence-electron chi connectivity index (χ1n) is 8.57. The number of amides is 2. The Hall–Kier alpha value is -2.88. The largest absolute Gasteiger partial charge is 0.377 e. The lowest BCUT2D eigenvalue weighted by molar-refractivity contribution is -0.112. The summed E-state index contributed by atoms with van der Waals surface area (Å²) in [6, 6.07) is 14.7. The van der Waals surface area contributed by atoms with Crippen molar-refractivity contribution in [3.63, 3.8) is 0 Å². The molecular weight excluding hydrogens is 312 g/mol. The van der Waals surface area contributed by atoms with E-state index in [1.165, 1.54) is 4.90 Å². The van der Waals surface area contributed by atoms with E-state index in [0.717, 1.165) is 18.7 Å². The maximum atomic E-state index is 13.2. The van der Waals surface area contributed by atoms with Crippen molar-refractivity contribution < 1.29 is 9.59 Å². The number of imide groups is 1. The van der Waals surface area contributed by atoms with Crippen molar-refractivity contribution in [3.8, 4) is 0 Å². The summed E-state index contributed by atoms with van der Waals surface area (Å²) < 4.78 is 0. The first-order valence-corrected chi connectivity index (χ1v) is 8.57. The fourth-order valence-electron chi connectivity index (χ4n) is 2.99.